The molecule has 1 amide bonds. The van der Waals surface area contributed by atoms with Crippen LogP contribution >= 0.6 is 0 Å². The third-order valence-electron chi connectivity index (χ3n) is 3.62. The molecule has 0 aliphatic carbocycles. The maximum absolute atomic E-state index is 12.3. The molecule has 1 N–H and O–H groups in total. The molecule has 2 fully saturated rings. The Hall–Kier alpha value is -0.700. The molecule has 2 aliphatic heterocycles. The van der Waals surface area contributed by atoms with Crippen LogP contribution in [-0.4, -0.2) is 81.8 Å². The molecule has 1 radical (unpaired) electrons. The van der Waals surface area contributed by atoms with Crippen molar-refractivity contribution in [1.82, 2.24) is 4.90 Å². The van der Waals surface area contributed by atoms with Crippen LogP contribution in [-0.2, 0) is 24.2 Å². The number of ketones is 1. The summed E-state index contributed by atoms with van der Waals surface area (Å²) in [7, 11) is -3.87. The number of hydrogen-bond donors (Lipinski definition) is 1. The average molecular weight is 310 g/mol. The number of amides is 1. The number of nitrogens with zero attached hydrogens (tertiary/aromatic N) is 1. The molecule has 7 nitrogen and oxygen atoms in total. The van der Waals surface area contributed by atoms with Gasteiger partial charge in [-0.05, 0) is 19.9 Å². The van der Waals surface area contributed by atoms with Crippen molar-refractivity contribution in [2.75, 3.05) is 0 Å². The van der Waals surface area contributed by atoms with Crippen molar-refractivity contribution in [3.05, 3.63) is 12.2 Å². The minimum atomic E-state index is -3.87. The van der Waals surface area contributed by atoms with Crippen LogP contribution in [0.15, 0.2) is 12.2 Å². The Morgan fingerprint density at radius 2 is 2.00 bits per heavy atom. The Labute approximate surface area is 138 Å². The molecule has 0 unspecified atom stereocenters. The molecule has 2 saturated heterocycles. The van der Waals surface area contributed by atoms with Gasteiger partial charge in [0.2, 0.25) is 5.91 Å². The molecule has 0 saturated carbocycles. The fraction of sp³-hybridized carbons (Fsp3) is 0.545. The molecule has 0 aromatic heterocycles. The Balaban J connectivity index is 0.00000200. The van der Waals surface area contributed by atoms with E-state index in [1.54, 1.807) is 0 Å². The van der Waals surface area contributed by atoms with Crippen LogP contribution in [0.1, 0.15) is 20.3 Å². The number of carboxylic acid groups (broad SMARTS) is 1. The van der Waals surface area contributed by atoms with Crippen LogP contribution in [0.4, 0.5) is 0 Å². The van der Waals surface area contributed by atoms with Crippen LogP contribution in [0.5, 0.6) is 0 Å². The second kappa shape index (κ2) is 5.25. The van der Waals surface area contributed by atoms with Crippen LogP contribution in [0.3, 0.4) is 0 Å². The SMILES string of the molecule is CC(=O)/C=C/[C@@]1(C)[C@@H](C(=O)O)N2C(=O)C[C@H]2S1(=O)=O.[Na]. The van der Waals surface area contributed by atoms with Gasteiger partial charge in [0.1, 0.15) is 10.1 Å². The van der Waals surface area contributed by atoms with Crippen molar-refractivity contribution in [2.24, 2.45) is 0 Å². The Bertz CT molecular complexity index is 612. The van der Waals surface area contributed by atoms with Crippen LogP contribution in [0.25, 0.3) is 0 Å². The van der Waals surface area contributed by atoms with Gasteiger partial charge >= 0.3 is 5.97 Å². The van der Waals surface area contributed by atoms with E-state index in [0.717, 1.165) is 17.1 Å². The molecule has 20 heavy (non-hydrogen) atoms. The third-order valence-corrected chi connectivity index (χ3v) is 6.32. The summed E-state index contributed by atoms with van der Waals surface area (Å²) in [6.07, 6.45) is 1.91. The summed E-state index contributed by atoms with van der Waals surface area (Å²) < 4.78 is 22.9. The van der Waals surface area contributed by atoms with Gasteiger partial charge in [-0.2, -0.15) is 0 Å². The summed E-state index contributed by atoms with van der Waals surface area (Å²) in [5, 5.41) is 8.11. The van der Waals surface area contributed by atoms with Gasteiger partial charge in [-0.15, -0.1) is 0 Å². The summed E-state index contributed by atoms with van der Waals surface area (Å²) in [5.41, 5.74) is 0. The fourth-order valence-electron chi connectivity index (χ4n) is 2.53. The quantitative estimate of drug-likeness (QED) is 0.405. The van der Waals surface area contributed by atoms with Gasteiger partial charge in [0.25, 0.3) is 0 Å². The molecule has 0 aromatic carbocycles. The predicted octanol–water partition coefficient (Wildman–Crippen LogP) is -1.05. The smallest absolute Gasteiger partial charge is 0.328 e. The van der Waals surface area contributed by atoms with Gasteiger partial charge in [0.05, 0.1) is 6.42 Å². The number of carboxylic acids is 1. The second-order valence-corrected chi connectivity index (χ2v) is 7.39. The van der Waals surface area contributed by atoms with Crippen molar-refractivity contribution < 1.29 is 27.9 Å². The Morgan fingerprint density at radius 3 is 2.40 bits per heavy atom. The summed E-state index contributed by atoms with van der Waals surface area (Å²) in [5.74, 6) is -2.28. The summed E-state index contributed by atoms with van der Waals surface area (Å²) in [6.45, 7) is 2.46. The average Bonchev–Trinajstić information content (AvgIpc) is 2.41. The first-order valence-corrected chi connectivity index (χ1v) is 7.15. The van der Waals surface area contributed by atoms with Gasteiger partial charge in [-0.1, -0.05) is 6.08 Å². The number of carbonyl (C=O) groups is 3. The van der Waals surface area contributed by atoms with Crippen molar-refractivity contribution in [3.8, 4) is 0 Å². The van der Waals surface area contributed by atoms with Crippen molar-refractivity contribution >= 4 is 57.1 Å². The van der Waals surface area contributed by atoms with E-state index in [1.165, 1.54) is 13.8 Å². The van der Waals surface area contributed by atoms with Gasteiger partial charge in [0.15, 0.2) is 21.7 Å². The Kier molecular flexibility index (Phi) is 4.55. The van der Waals surface area contributed by atoms with E-state index >= 15 is 0 Å². The summed E-state index contributed by atoms with van der Waals surface area (Å²) >= 11 is 0. The van der Waals surface area contributed by atoms with E-state index in [-0.39, 0.29) is 41.8 Å². The normalized spacial score (nSPS) is 34.3. The van der Waals surface area contributed by atoms with Crippen LogP contribution in [0, 0.1) is 0 Å². The molecular weight excluding hydrogens is 297 g/mol. The minimum absolute atomic E-state index is 0. The predicted molar refractivity (Wildman–Crippen MR) is 69.6 cm³/mol. The number of carbonyl (C=O) groups excluding carboxylic acids is 2. The standard InChI is InChI=1S/C11H13NO6S.Na/c1-6(13)3-4-11(2)9(10(15)16)12-7(14)5-8(12)19(11,17)18;/h3-4,8-9H,5H2,1-2H3,(H,15,16);/b4-3+;/t8-,9-,11+;/m1./s1. The van der Waals surface area contributed by atoms with E-state index in [4.69, 9.17) is 0 Å². The molecule has 9 heteroatoms. The first kappa shape index (κ1) is 17.4. The maximum atomic E-state index is 12.3. The number of hydrogen-bond acceptors (Lipinski definition) is 5. The van der Waals surface area contributed by atoms with Crippen molar-refractivity contribution in [3.63, 3.8) is 0 Å². The molecule has 2 rings (SSSR count). The van der Waals surface area contributed by atoms with Crippen molar-refractivity contribution in [1.29, 1.82) is 0 Å². The molecule has 2 aliphatic rings. The monoisotopic (exact) mass is 310 g/mol. The first-order valence-electron chi connectivity index (χ1n) is 5.60. The van der Waals surface area contributed by atoms with E-state index in [1.807, 2.05) is 0 Å². The number of aliphatic carboxylic acids is 1. The van der Waals surface area contributed by atoms with E-state index in [9.17, 15) is 27.9 Å². The largest absolute Gasteiger partial charge is 0.480 e. The fourth-order valence-corrected chi connectivity index (χ4v) is 4.80. The van der Waals surface area contributed by atoms with Crippen molar-refractivity contribution in [2.45, 2.75) is 36.4 Å². The molecule has 105 valence electrons. The van der Waals surface area contributed by atoms with E-state index in [0.29, 0.717) is 0 Å². The molecule has 2 heterocycles. The number of sulfone groups is 1. The van der Waals surface area contributed by atoms with Gasteiger partial charge < -0.3 is 10.0 Å². The van der Waals surface area contributed by atoms with Gasteiger partial charge in [-0.25, -0.2) is 13.2 Å². The number of fused-ring (bicyclic) bond motifs is 1. The van der Waals surface area contributed by atoms with Gasteiger partial charge in [0, 0.05) is 29.6 Å². The topological polar surface area (TPSA) is 109 Å². The number of β-lactam (4-membered cyclic amide) rings is 1. The van der Waals surface area contributed by atoms with Gasteiger partial charge in [-0.3, -0.25) is 9.59 Å². The summed E-state index contributed by atoms with van der Waals surface area (Å²) in [4.78, 5) is 34.6. The molecule has 3 atom stereocenters. The second-order valence-electron chi connectivity index (χ2n) is 4.87. The number of rotatable bonds is 3. The summed E-state index contributed by atoms with van der Waals surface area (Å²) in [6, 6.07) is -1.49. The zero-order valence-corrected chi connectivity index (χ0v) is 14.2. The zero-order chi connectivity index (χ0) is 14.6. The third kappa shape index (κ3) is 2.14. The molecule has 0 bridgehead atoms. The van der Waals surface area contributed by atoms with Crippen LogP contribution in [0.2, 0.25) is 0 Å². The van der Waals surface area contributed by atoms with Crippen LogP contribution < -0.4 is 0 Å². The minimum Gasteiger partial charge on any atom is -0.480 e. The number of allylic oxidation sites excluding steroid dienone is 1. The molecular formula is C11H13NNaO6S. The maximum Gasteiger partial charge on any atom is 0.328 e. The first-order chi connectivity index (χ1) is 8.63. The Morgan fingerprint density at radius 1 is 1.45 bits per heavy atom. The van der Waals surface area contributed by atoms with E-state index in [2.05, 4.69) is 0 Å². The van der Waals surface area contributed by atoms with E-state index < -0.39 is 37.9 Å². The molecule has 0 spiro atoms. The molecule has 0 aromatic rings. The zero-order valence-electron chi connectivity index (χ0n) is 11.4.